The summed E-state index contributed by atoms with van der Waals surface area (Å²) in [6.07, 6.45) is 0. The SMILES string of the molecule is COCCn1c(=NC(=O)c2cc(-c3cccs3)nc3ccccc23)sc2c(C)cc(C)cc21. The zero-order valence-electron chi connectivity index (χ0n) is 18.7. The maximum Gasteiger partial charge on any atom is 0.280 e. The van der Waals surface area contributed by atoms with E-state index in [9.17, 15) is 4.79 Å². The zero-order valence-corrected chi connectivity index (χ0v) is 20.3. The van der Waals surface area contributed by atoms with Crippen LogP contribution >= 0.6 is 22.7 Å². The van der Waals surface area contributed by atoms with Crippen molar-refractivity contribution in [3.63, 3.8) is 0 Å². The number of thiophene rings is 1. The van der Waals surface area contributed by atoms with Gasteiger partial charge < -0.3 is 9.30 Å². The molecule has 5 rings (SSSR count). The molecule has 0 atom stereocenters. The summed E-state index contributed by atoms with van der Waals surface area (Å²) < 4.78 is 8.56. The number of nitrogens with zero attached hydrogens (tertiary/aromatic N) is 3. The number of para-hydroxylation sites is 1. The van der Waals surface area contributed by atoms with Crippen LogP contribution in [0, 0.1) is 13.8 Å². The van der Waals surface area contributed by atoms with Crippen molar-refractivity contribution in [2.24, 2.45) is 4.99 Å². The first-order chi connectivity index (χ1) is 16.0. The number of rotatable bonds is 5. The predicted octanol–water partition coefficient (Wildman–Crippen LogP) is 5.98. The Bertz CT molecular complexity index is 1550. The van der Waals surface area contributed by atoms with E-state index in [1.807, 2.05) is 47.8 Å². The lowest BCUT2D eigenvalue weighted by molar-refractivity contribution is 0.0999. The summed E-state index contributed by atoms with van der Waals surface area (Å²) in [7, 11) is 1.68. The lowest BCUT2D eigenvalue weighted by Crippen LogP contribution is -2.19. The fourth-order valence-electron chi connectivity index (χ4n) is 4.05. The van der Waals surface area contributed by atoms with Crippen LogP contribution in [0.3, 0.4) is 0 Å². The summed E-state index contributed by atoms with van der Waals surface area (Å²) in [6, 6.07) is 17.9. The number of thiazole rings is 1. The largest absolute Gasteiger partial charge is 0.383 e. The highest BCUT2D eigenvalue weighted by Crippen LogP contribution is 2.28. The molecule has 2 aromatic carbocycles. The third-order valence-corrected chi connectivity index (χ3v) is 7.67. The molecule has 0 aliphatic heterocycles. The van der Waals surface area contributed by atoms with Crippen LogP contribution in [0.25, 0.3) is 31.7 Å². The van der Waals surface area contributed by atoms with Crippen molar-refractivity contribution in [1.29, 1.82) is 0 Å². The minimum Gasteiger partial charge on any atom is -0.383 e. The Morgan fingerprint density at radius 1 is 1.12 bits per heavy atom. The maximum atomic E-state index is 13.6. The molecule has 0 saturated carbocycles. The van der Waals surface area contributed by atoms with Gasteiger partial charge in [0, 0.05) is 19.0 Å². The van der Waals surface area contributed by atoms with Gasteiger partial charge in [0.15, 0.2) is 4.80 Å². The number of pyridine rings is 1. The Labute approximate surface area is 199 Å². The topological polar surface area (TPSA) is 56.5 Å². The Balaban J connectivity index is 1.71. The van der Waals surface area contributed by atoms with E-state index >= 15 is 0 Å². The quantitative estimate of drug-likeness (QED) is 0.315. The van der Waals surface area contributed by atoms with Gasteiger partial charge in [0.25, 0.3) is 5.91 Å². The van der Waals surface area contributed by atoms with Gasteiger partial charge in [0.2, 0.25) is 0 Å². The van der Waals surface area contributed by atoms with Crippen LogP contribution in [-0.2, 0) is 11.3 Å². The lowest BCUT2D eigenvalue weighted by Gasteiger charge is -2.07. The second-order valence-electron chi connectivity index (χ2n) is 7.93. The average molecular weight is 474 g/mol. The van der Waals surface area contributed by atoms with Crippen molar-refractivity contribution in [1.82, 2.24) is 9.55 Å². The van der Waals surface area contributed by atoms with E-state index in [1.54, 1.807) is 29.8 Å². The Kier molecular flexibility index (Phi) is 5.93. The van der Waals surface area contributed by atoms with Crippen molar-refractivity contribution < 1.29 is 9.53 Å². The number of methoxy groups -OCH3 is 1. The molecule has 7 heteroatoms. The number of carbonyl (C=O) groups excluding carboxylic acids is 1. The number of fused-ring (bicyclic) bond motifs is 2. The molecule has 0 fully saturated rings. The van der Waals surface area contributed by atoms with Gasteiger partial charge in [-0.05, 0) is 54.6 Å². The zero-order chi connectivity index (χ0) is 22.9. The van der Waals surface area contributed by atoms with E-state index < -0.39 is 0 Å². The molecule has 0 radical (unpaired) electrons. The molecule has 0 saturated heterocycles. The van der Waals surface area contributed by atoms with Crippen LogP contribution in [0.4, 0.5) is 0 Å². The highest BCUT2D eigenvalue weighted by Gasteiger charge is 2.16. The summed E-state index contributed by atoms with van der Waals surface area (Å²) in [5, 5.41) is 2.82. The second-order valence-corrected chi connectivity index (χ2v) is 9.85. The van der Waals surface area contributed by atoms with E-state index in [-0.39, 0.29) is 5.91 Å². The number of ether oxygens (including phenoxy) is 1. The molecule has 0 aliphatic carbocycles. The van der Waals surface area contributed by atoms with Gasteiger partial charge in [0.1, 0.15) is 0 Å². The van der Waals surface area contributed by atoms with Crippen molar-refractivity contribution >= 4 is 49.7 Å². The van der Waals surface area contributed by atoms with Crippen molar-refractivity contribution in [2.45, 2.75) is 20.4 Å². The standard InChI is InChI=1S/C26H23N3O2S2/c1-16-13-17(2)24-22(14-16)29(10-11-31-3)26(33-24)28-25(30)19-15-21(23-9-6-12-32-23)27-20-8-5-4-7-18(19)20/h4-9,12-15H,10-11H2,1-3H3. The molecule has 1 amide bonds. The van der Waals surface area contributed by atoms with Crippen LogP contribution < -0.4 is 4.80 Å². The van der Waals surface area contributed by atoms with Gasteiger partial charge in [-0.3, -0.25) is 4.79 Å². The number of carbonyl (C=O) groups is 1. The van der Waals surface area contributed by atoms with E-state index in [4.69, 9.17) is 9.72 Å². The van der Waals surface area contributed by atoms with E-state index in [0.717, 1.165) is 31.7 Å². The average Bonchev–Trinajstić information content (AvgIpc) is 3.46. The van der Waals surface area contributed by atoms with Crippen LogP contribution in [0.2, 0.25) is 0 Å². The third-order valence-electron chi connectivity index (χ3n) is 5.55. The molecule has 0 spiro atoms. The second kappa shape index (κ2) is 9.02. The van der Waals surface area contributed by atoms with Crippen LogP contribution in [0.5, 0.6) is 0 Å². The van der Waals surface area contributed by atoms with Gasteiger partial charge >= 0.3 is 0 Å². The maximum absolute atomic E-state index is 13.6. The molecular weight excluding hydrogens is 450 g/mol. The van der Waals surface area contributed by atoms with E-state index in [0.29, 0.717) is 23.5 Å². The number of aromatic nitrogens is 2. The van der Waals surface area contributed by atoms with E-state index in [1.165, 1.54) is 11.1 Å². The van der Waals surface area contributed by atoms with Gasteiger partial charge in [-0.2, -0.15) is 4.99 Å². The van der Waals surface area contributed by atoms with Gasteiger partial charge in [-0.1, -0.05) is 41.7 Å². The first-order valence-electron chi connectivity index (χ1n) is 10.7. The number of hydrogen-bond acceptors (Lipinski definition) is 5. The molecule has 0 unspecified atom stereocenters. The molecule has 166 valence electrons. The van der Waals surface area contributed by atoms with Crippen LogP contribution in [0.1, 0.15) is 21.5 Å². The first kappa shape index (κ1) is 21.7. The predicted molar refractivity (Wildman–Crippen MR) is 136 cm³/mol. The molecule has 5 aromatic rings. The van der Waals surface area contributed by atoms with Crippen molar-refractivity contribution in [2.75, 3.05) is 13.7 Å². The summed E-state index contributed by atoms with van der Waals surface area (Å²) in [5.41, 5.74) is 5.59. The fraction of sp³-hybridized carbons (Fsp3) is 0.192. The molecule has 5 nitrogen and oxygen atoms in total. The number of benzene rings is 2. The monoisotopic (exact) mass is 473 g/mol. The molecule has 3 heterocycles. The lowest BCUT2D eigenvalue weighted by atomic mass is 10.1. The van der Waals surface area contributed by atoms with Crippen molar-refractivity contribution in [3.8, 4) is 10.6 Å². The summed E-state index contributed by atoms with van der Waals surface area (Å²) >= 11 is 3.15. The van der Waals surface area contributed by atoms with Gasteiger partial charge in [0.05, 0.1) is 38.5 Å². The highest BCUT2D eigenvalue weighted by atomic mass is 32.1. The highest BCUT2D eigenvalue weighted by molar-refractivity contribution is 7.16. The first-order valence-corrected chi connectivity index (χ1v) is 12.4. The van der Waals surface area contributed by atoms with Crippen LogP contribution in [-0.4, -0.2) is 29.2 Å². The molecule has 0 aliphatic rings. The molecule has 33 heavy (non-hydrogen) atoms. The number of hydrogen-bond donors (Lipinski definition) is 0. The number of aryl methyl sites for hydroxylation is 2. The van der Waals surface area contributed by atoms with Crippen molar-refractivity contribution in [3.05, 3.63) is 81.5 Å². The third kappa shape index (κ3) is 4.15. The Morgan fingerprint density at radius 3 is 2.76 bits per heavy atom. The molecule has 0 N–H and O–H groups in total. The number of amides is 1. The molecule has 3 aromatic heterocycles. The smallest absolute Gasteiger partial charge is 0.280 e. The fourth-order valence-corrected chi connectivity index (χ4v) is 5.84. The van der Waals surface area contributed by atoms with Gasteiger partial charge in [-0.25, -0.2) is 4.98 Å². The van der Waals surface area contributed by atoms with Crippen LogP contribution in [0.15, 0.2) is 65.0 Å². The normalized spacial score (nSPS) is 12.2. The van der Waals surface area contributed by atoms with Gasteiger partial charge in [-0.15, -0.1) is 11.3 Å². The minimum atomic E-state index is -0.265. The summed E-state index contributed by atoms with van der Waals surface area (Å²) in [6.45, 7) is 5.35. The van der Waals surface area contributed by atoms with E-state index in [2.05, 4.69) is 35.5 Å². The molecule has 0 bridgehead atoms. The minimum absolute atomic E-state index is 0.265. The Hall–Kier alpha value is -3.13. The summed E-state index contributed by atoms with van der Waals surface area (Å²) in [4.78, 5) is 24.7. The summed E-state index contributed by atoms with van der Waals surface area (Å²) in [5.74, 6) is -0.265. The Morgan fingerprint density at radius 2 is 1.97 bits per heavy atom. The molecular formula is C26H23N3O2S2.